The molecular weight excluding hydrogens is 390 g/mol. The molecule has 0 bridgehead atoms. The highest BCUT2D eigenvalue weighted by Crippen LogP contribution is 2.33. The van der Waals surface area contributed by atoms with E-state index < -0.39 is 35.0 Å². The van der Waals surface area contributed by atoms with Crippen LogP contribution in [0.15, 0.2) is 24.3 Å². The van der Waals surface area contributed by atoms with E-state index in [2.05, 4.69) is 20.9 Å². The zero-order chi connectivity index (χ0) is 18.9. The Bertz CT molecular complexity index is 810. The van der Waals surface area contributed by atoms with E-state index in [0.717, 1.165) is 12.1 Å². The molecule has 2 heterocycles. The summed E-state index contributed by atoms with van der Waals surface area (Å²) >= 11 is 0. The molecule has 11 heteroatoms. The first-order valence-corrected chi connectivity index (χ1v) is 8.09. The predicted molar refractivity (Wildman–Crippen MR) is 91.5 cm³/mol. The molecule has 1 saturated heterocycles. The molecule has 2 aromatic rings. The second-order valence-electron chi connectivity index (χ2n) is 6.20. The molecular formula is C16H18ClF4N5O. The number of halogens is 5. The van der Waals surface area contributed by atoms with Gasteiger partial charge in [-0.25, -0.2) is 9.07 Å². The Morgan fingerprint density at radius 1 is 1.33 bits per heavy atom. The maximum Gasteiger partial charge on any atom is 0.435 e. The van der Waals surface area contributed by atoms with Gasteiger partial charge in [-0.3, -0.25) is 4.79 Å². The molecule has 0 radical (unpaired) electrons. The monoisotopic (exact) mass is 407 g/mol. The average Bonchev–Trinajstić information content (AvgIpc) is 3.00. The fraction of sp³-hybridized carbons (Fsp3) is 0.438. The number of nitrogens with zero attached hydrogens (tertiary/aromatic N) is 3. The van der Waals surface area contributed by atoms with Crippen LogP contribution in [0.4, 0.5) is 17.6 Å². The summed E-state index contributed by atoms with van der Waals surface area (Å²) in [6, 6.07) is 4.73. The van der Waals surface area contributed by atoms with E-state index in [1.165, 1.54) is 12.1 Å². The van der Waals surface area contributed by atoms with Crippen LogP contribution in [0, 0.1) is 5.82 Å². The van der Waals surface area contributed by atoms with Crippen molar-refractivity contribution in [3.8, 4) is 5.69 Å². The molecule has 1 aliphatic heterocycles. The number of alkyl halides is 3. The zero-order valence-corrected chi connectivity index (χ0v) is 15.1. The van der Waals surface area contributed by atoms with Gasteiger partial charge in [0.05, 0.1) is 0 Å². The minimum atomic E-state index is -4.93. The smallest absolute Gasteiger partial charge is 0.348 e. The average molecular weight is 408 g/mol. The summed E-state index contributed by atoms with van der Waals surface area (Å²) in [6.45, 7) is 2.58. The van der Waals surface area contributed by atoms with Gasteiger partial charge in [-0.1, -0.05) is 17.3 Å². The van der Waals surface area contributed by atoms with Crippen LogP contribution in [0.5, 0.6) is 0 Å². The number of hydrogen-bond acceptors (Lipinski definition) is 4. The summed E-state index contributed by atoms with van der Waals surface area (Å²) in [4.78, 5) is 12.4. The summed E-state index contributed by atoms with van der Waals surface area (Å²) < 4.78 is 54.9. The lowest BCUT2D eigenvalue weighted by Gasteiger charge is -2.28. The lowest BCUT2D eigenvalue weighted by atomic mass is 10.0. The van der Waals surface area contributed by atoms with Crippen LogP contribution in [0.3, 0.4) is 0 Å². The lowest BCUT2D eigenvalue weighted by molar-refractivity contribution is -0.143. The Kier molecular flexibility index (Phi) is 6.42. The largest absolute Gasteiger partial charge is 0.435 e. The molecule has 148 valence electrons. The van der Waals surface area contributed by atoms with Gasteiger partial charge in [-0.05, 0) is 38.4 Å². The van der Waals surface area contributed by atoms with Crippen LogP contribution < -0.4 is 10.6 Å². The van der Waals surface area contributed by atoms with Gasteiger partial charge in [0.15, 0.2) is 11.4 Å². The van der Waals surface area contributed by atoms with Crippen molar-refractivity contribution in [3.05, 3.63) is 41.5 Å². The normalized spacial score (nSPS) is 20.0. The van der Waals surface area contributed by atoms with Crippen LogP contribution in [-0.4, -0.2) is 39.5 Å². The summed E-state index contributed by atoms with van der Waals surface area (Å²) in [7, 11) is 0. The first-order valence-electron chi connectivity index (χ1n) is 8.09. The van der Waals surface area contributed by atoms with Gasteiger partial charge < -0.3 is 10.6 Å². The number of rotatable bonds is 3. The fourth-order valence-corrected chi connectivity index (χ4v) is 3.00. The second kappa shape index (κ2) is 8.22. The Balaban J connectivity index is 0.00000261. The molecule has 3 rings (SSSR count). The third kappa shape index (κ3) is 4.56. The van der Waals surface area contributed by atoms with Crippen molar-refractivity contribution in [1.29, 1.82) is 0 Å². The zero-order valence-electron chi connectivity index (χ0n) is 14.3. The fourth-order valence-electron chi connectivity index (χ4n) is 3.00. The molecule has 2 unspecified atom stereocenters. The van der Waals surface area contributed by atoms with E-state index >= 15 is 0 Å². The second-order valence-corrected chi connectivity index (χ2v) is 6.20. The maximum absolute atomic E-state index is 13.9. The van der Waals surface area contributed by atoms with E-state index in [1.807, 2.05) is 6.92 Å². The molecule has 1 amide bonds. The SMILES string of the molecule is CC1CC(NC(=O)c2nnn(-c3ccccc3F)c2C(F)(F)F)CCN1.Cl. The Morgan fingerprint density at radius 2 is 2.04 bits per heavy atom. The highest BCUT2D eigenvalue weighted by Gasteiger charge is 2.42. The quantitative estimate of drug-likeness (QED) is 0.767. The topological polar surface area (TPSA) is 71.8 Å². The van der Waals surface area contributed by atoms with Gasteiger partial charge in [-0.15, -0.1) is 17.5 Å². The summed E-state index contributed by atoms with van der Waals surface area (Å²) in [5.74, 6) is -1.87. The lowest BCUT2D eigenvalue weighted by Crippen LogP contribution is -2.47. The number of hydrogen-bond donors (Lipinski definition) is 2. The Hall–Kier alpha value is -2.20. The summed E-state index contributed by atoms with van der Waals surface area (Å²) in [5.41, 5.74) is -2.70. The molecule has 1 fully saturated rings. The first-order chi connectivity index (χ1) is 12.3. The van der Waals surface area contributed by atoms with E-state index in [1.54, 1.807) is 0 Å². The number of carbonyl (C=O) groups is 1. The van der Waals surface area contributed by atoms with Crippen LogP contribution in [0.2, 0.25) is 0 Å². The van der Waals surface area contributed by atoms with E-state index in [0.29, 0.717) is 24.1 Å². The summed E-state index contributed by atoms with van der Waals surface area (Å²) in [5, 5.41) is 12.5. The van der Waals surface area contributed by atoms with E-state index in [4.69, 9.17) is 0 Å². The Labute approximate surface area is 158 Å². The van der Waals surface area contributed by atoms with Crippen molar-refractivity contribution in [3.63, 3.8) is 0 Å². The van der Waals surface area contributed by atoms with Crippen LogP contribution >= 0.6 is 12.4 Å². The first kappa shape index (κ1) is 21.1. The molecule has 2 N–H and O–H groups in total. The Morgan fingerprint density at radius 3 is 2.67 bits per heavy atom. The standard InChI is InChI=1S/C16H17F4N5O.ClH/c1-9-8-10(6-7-21-9)22-15(26)13-14(16(18,19)20)25(24-23-13)12-5-3-2-4-11(12)17;/h2-5,9-10,21H,6-8H2,1H3,(H,22,26);1H. The molecule has 0 aliphatic carbocycles. The number of piperidine rings is 1. The number of para-hydroxylation sites is 1. The molecule has 1 aliphatic rings. The van der Waals surface area contributed by atoms with Gasteiger partial charge >= 0.3 is 6.18 Å². The highest BCUT2D eigenvalue weighted by atomic mass is 35.5. The molecule has 2 atom stereocenters. The van der Waals surface area contributed by atoms with Gasteiger partial charge in [0.2, 0.25) is 0 Å². The summed E-state index contributed by atoms with van der Waals surface area (Å²) in [6.07, 6.45) is -3.74. The van der Waals surface area contributed by atoms with Crippen LogP contribution in [-0.2, 0) is 6.18 Å². The number of aromatic nitrogens is 3. The van der Waals surface area contributed by atoms with Gasteiger partial charge in [0.1, 0.15) is 11.5 Å². The minimum absolute atomic E-state index is 0. The van der Waals surface area contributed by atoms with Crippen LogP contribution in [0.25, 0.3) is 5.69 Å². The highest BCUT2D eigenvalue weighted by molar-refractivity contribution is 5.93. The molecule has 1 aromatic heterocycles. The number of benzene rings is 1. The van der Waals surface area contributed by atoms with Crippen LogP contribution in [0.1, 0.15) is 35.9 Å². The van der Waals surface area contributed by atoms with Gasteiger partial charge in [0, 0.05) is 12.1 Å². The van der Waals surface area contributed by atoms with Crippen molar-refractivity contribution >= 4 is 18.3 Å². The van der Waals surface area contributed by atoms with Crippen molar-refractivity contribution in [2.45, 2.75) is 38.0 Å². The number of amides is 1. The minimum Gasteiger partial charge on any atom is -0.348 e. The molecule has 1 aromatic carbocycles. The van der Waals surface area contributed by atoms with E-state index in [-0.39, 0.29) is 24.5 Å². The van der Waals surface area contributed by atoms with Crippen molar-refractivity contribution in [2.24, 2.45) is 0 Å². The third-order valence-corrected chi connectivity index (χ3v) is 4.19. The number of nitrogens with one attached hydrogen (secondary N) is 2. The third-order valence-electron chi connectivity index (χ3n) is 4.19. The van der Waals surface area contributed by atoms with E-state index in [9.17, 15) is 22.4 Å². The van der Waals surface area contributed by atoms with Crippen molar-refractivity contribution < 1.29 is 22.4 Å². The van der Waals surface area contributed by atoms with Gasteiger partial charge in [0.25, 0.3) is 5.91 Å². The molecule has 0 saturated carbocycles. The maximum atomic E-state index is 13.9. The van der Waals surface area contributed by atoms with Crippen molar-refractivity contribution in [1.82, 2.24) is 25.6 Å². The van der Waals surface area contributed by atoms with Gasteiger partial charge in [-0.2, -0.15) is 13.2 Å². The number of carbonyl (C=O) groups excluding carboxylic acids is 1. The van der Waals surface area contributed by atoms with Crippen molar-refractivity contribution in [2.75, 3.05) is 6.54 Å². The molecule has 0 spiro atoms. The molecule has 27 heavy (non-hydrogen) atoms. The predicted octanol–water partition coefficient (Wildman–Crippen LogP) is 2.72. The molecule has 6 nitrogen and oxygen atoms in total.